The van der Waals surface area contributed by atoms with E-state index in [1.807, 2.05) is 34.8 Å². The summed E-state index contributed by atoms with van der Waals surface area (Å²) in [5, 5.41) is 11.5. The number of rotatable bonds is 7. The quantitative estimate of drug-likeness (QED) is 0.158. The first-order chi connectivity index (χ1) is 37.1. The molecule has 0 amide bonds. The molecule has 0 aliphatic carbocycles. The van der Waals surface area contributed by atoms with Gasteiger partial charge in [0.05, 0.1) is 23.4 Å². The van der Waals surface area contributed by atoms with Crippen molar-refractivity contribution in [3.8, 4) is 11.1 Å². The van der Waals surface area contributed by atoms with Crippen molar-refractivity contribution in [2.45, 2.75) is 13.8 Å². The second kappa shape index (κ2) is 15.5. The van der Waals surface area contributed by atoms with Crippen molar-refractivity contribution in [3.63, 3.8) is 0 Å². The fourth-order valence-electron chi connectivity index (χ4n) is 11.3. The van der Waals surface area contributed by atoms with E-state index < -0.39 is 6.04 Å². The van der Waals surface area contributed by atoms with Crippen molar-refractivity contribution in [2.75, 3.05) is 9.80 Å². The Morgan fingerprint density at radius 3 is 1.52 bits per heavy atom. The van der Waals surface area contributed by atoms with Crippen LogP contribution >= 0.6 is 22.7 Å². The maximum absolute atomic E-state index is 9.07. The van der Waals surface area contributed by atoms with E-state index in [2.05, 4.69) is 210 Å². The van der Waals surface area contributed by atoms with Gasteiger partial charge in [0.15, 0.2) is 0 Å². The first-order valence-electron chi connectivity index (χ1n) is 26.4. The van der Waals surface area contributed by atoms with Crippen LogP contribution in [0.2, 0.25) is 0 Å². The Kier molecular flexibility index (Phi) is 7.78. The minimum absolute atomic E-state index is 0.178. The monoisotopic (exact) mass is 946 g/mol. The number of benzene rings is 11. The van der Waals surface area contributed by atoms with Crippen molar-refractivity contribution < 1.29 is 6.85 Å². The van der Waals surface area contributed by atoms with Crippen molar-refractivity contribution in [3.05, 3.63) is 235 Å². The Morgan fingerprint density at radius 1 is 0.380 bits per heavy atom. The summed E-state index contributed by atoms with van der Waals surface area (Å²) in [4.78, 5) is 4.74. The second-order valence-corrected chi connectivity index (χ2v) is 20.8. The highest BCUT2D eigenvalue weighted by atomic mass is 32.1. The molecule has 71 heavy (non-hydrogen) atoms. The molecule has 0 aliphatic heterocycles. The summed E-state index contributed by atoms with van der Waals surface area (Å²) in [5.41, 5.74) is 12.3. The Morgan fingerprint density at radius 2 is 0.887 bits per heavy atom. The third-order valence-corrected chi connectivity index (χ3v) is 16.9. The van der Waals surface area contributed by atoms with Crippen LogP contribution in [-0.2, 0) is 0 Å². The van der Waals surface area contributed by atoms with E-state index in [9.17, 15) is 0 Å². The lowest BCUT2D eigenvalue weighted by molar-refractivity contribution is 1.25. The van der Waals surface area contributed by atoms with Crippen LogP contribution in [0, 0.1) is 13.8 Å². The average Bonchev–Trinajstić information content (AvgIpc) is 4.32. The van der Waals surface area contributed by atoms with Crippen LogP contribution in [-0.4, -0.2) is 4.40 Å². The minimum atomic E-state index is -0.409. The normalized spacial score (nSPS) is 13.1. The highest BCUT2D eigenvalue weighted by molar-refractivity contribution is 7.26. The van der Waals surface area contributed by atoms with Gasteiger partial charge in [0.2, 0.25) is 0 Å². The number of hydrogen-bond acceptors (Lipinski definition) is 4. The van der Waals surface area contributed by atoms with Crippen LogP contribution in [0.3, 0.4) is 0 Å². The number of para-hydroxylation sites is 2. The number of aryl methyl sites for hydroxylation is 2. The smallest absolute Gasteiger partial charge is 0.0629 e. The lowest BCUT2D eigenvalue weighted by Crippen LogP contribution is -2.11. The molecular weight excluding hydrogens is 899 g/mol. The number of hydrogen-bond donors (Lipinski definition) is 0. The summed E-state index contributed by atoms with van der Waals surface area (Å²) in [7, 11) is 0. The van der Waals surface area contributed by atoms with E-state index in [-0.39, 0.29) is 29.7 Å². The van der Waals surface area contributed by atoms with Crippen LogP contribution in [0.4, 0.5) is 34.1 Å². The van der Waals surface area contributed by atoms with Crippen LogP contribution in [0.1, 0.15) is 18.0 Å². The predicted octanol–water partition coefficient (Wildman–Crippen LogP) is 19.9. The topological polar surface area (TPSA) is 10.9 Å². The van der Waals surface area contributed by atoms with E-state index in [1.165, 1.54) is 40.3 Å². The molecule has 0 spiro atoms. The highest BCUT2D eigenvalue weighted by Gasteiger charge is 2.25. The summed E-state index contributed by atoms with van der Waals surface area (Å²) in [5.74, 6) is 0. The first kappa shape index (κ1) is 35.6. The third-order valence-electron chi connectivity index (χ3n) is 14.6. The molecule has 11 aromatic carbocycles. The minimum Gasteiger partial charge on any atom is -0.310 e. The molecule has 0 atom stereocenters. The van der Waals surface area contributed by atoms with Crippen LogP contribution in [0.15, 0.2) is 224 Å². The van der Waals surface area contributed by atoms with E-state index in [0.29, 0.717) is 5.56 Å². The maximum Gasteiger partial charge on any atom is 0.0629 e. The van der Waals surface area contributed by atoms with E-state index in [0.717, 1.165) is 94.1 Å². The lowest BCUT2D eigenvalue weighted by Gasteiger charge is -2.27. The summed E-state index contributed by atoms with van der Waals surface area (Å²) >= 11 is 3.63. The van der Waals surface area contributed by atoms with Crippen LogP contribution < -0.4 is 9.80 Å². The van der Waals surface area contributed by atoms with Crippen molar-refractivity contribution in [1.82, 2.24) is 4.40 Å². The van der Waals surface area contributed by atoms with Gasteiger partial charge in [-0.05, 0) is 132 Å². The van der Waals surface area contributed by atoms with Crippen LogP contribution in [0.25, 0.3) is 100 Å². The molecule has 334 valence electrons. The largest absolute Gasteiger partial charge is 0.310 e. The van der Waals surface area contributed by atoms with Crippen molar-refractivity contribution >= 4 is 146 Å². The van der Waals surface area contributed by atoms with E-state index in [1.54, 1.807) is 0 Å². The number of aromatic nitrogens is 1. The lowest BCUT2D eigenvalue weighted by atomic mass is 9.97. The molecule has 0 fully saturated rings. The molecule has 3 nitrogen and oxygen atoms in total. The highest BCUT2D eigenvalue weighted by Crippen LogP contribution is 2.49. The molecule has 0 saturated carbocycles. The molecule has 0 N–H and O–H groups in total. The molecular formula is C66H43N3S2. The zero-order valence-corrected chi connectivity index (χ0v) is 40.3. The summed E-state index contributed by atoms with van der Waals surface area (Å²) in [6, 6.07) is 68.4. The number of thiophene rings is 2. The molecule has 4 aromatic heterocycles. The van der Waals surface area contributed by atoms with Gasteiger partial charge < -0.3 is 14.2 Å². The molecule has 0 bridgehead atoms. The molecule has 5 heteroatoms. The summed E-state index contributed by atoms with van der Waals surface area (Å²) in [6.07, 6.45) is 0. The number of fused-ring (bicyclic) bond motifs is 14. The molecule has 15 aromatic rings. The van der Waals surface area contributed by atoms with Gasteiger partial charge in [-0.25, -0.2) is 0 Å². The average molecular weight is 947 g/mol. The summed E-state index contributed by atoms with van der Waals surface area (Å²) in [6.45, 7) is 4.33. The fourth-order valence-corrected chi connectivity index (χ4v) is 13.6. The van der Waals surface area contributed by atoms with Crippen LogP contribution in [0.5, 0.6) is 0 Å². The Bertz CT molecular complexity index is 4930. The van der Waals surface area contributed by atoms with Gasteiger partial charge >= 0.3 is 0 Å². The second-order valence-electron chi connectivity index (χ2n) is 18.6. The first-order valence-corrected chi connectivity index (χ1v) is 25.5. The molecule has 0 unspecified atom stereocenters. The van der Waals surface area contributed by atoms with Gasteiger partial charge in [0, 0.05) is 96.0 Å². The molecule has 0 aliphatic rings. The number of anilines is 6. The SMILES string of the molecule is [2H]c1c([2H])c([2H])c(-c2ccc3c4c5cc(N(c6ccc7c(c6)sc6ccccc67)c6ccccc6C)ccc5cc5c6ccc(N(c7ccc8c(c7)sc7ccccc78)c7ccccc7C)cc6n(c3c2)c54)c([2H])c1[2H]. The standard InChI is InChI=1S/C66H43N3S2/c1-40-14-6-10-20-57(40)67(47-28-32-52-50-18-8-12-22-61(50)70-63(52)38-47)45-26-24-44-34-56-49-31-27-46(68(58-21-11-7-15-41(58)2)48-29-33-53-51-19-9-13-23-62(51)71-64(53)39-48)37-60(49)69-59-35-43(42-16-4-3-5-17-42)25-30-54(59)65(66(56)69)55(44)36-45/h3-39H,1-2H3/i3D,4D,5D,16D,17D. The molecule has 0 radical (unpaired) electrons. The van der Waals surface area contributed by atoms with Crippen molar-refractivity contribution in [2.24, 2.45) is 0 Å². The van der Waals surface area contributed by atoms with Gasteiger partial charge in [-0.3, -0.25) is 0 Å². The van der Waals surface area contributed by atoms with Gasteiger partial charge in [0.1, 0.15) is 0 Å². The maximum atomic E-state index is 9.07. The fraction of sp³-hybridized carbons (Fsp3) is 0.0303. The molecule has 4 heterocycles. The third kappa shape index (κ3) is 6.13. The molecule has 15 rings (SSSR count). The van der Waals surface area contributed by atoms with Gasteiger partial charge in [-0.1, -0.05) is 139 Å². The van der Waals surface area contributed by atoms with Gasteiger partial charge in [-0.15, -0.1) is 22.7 Å². The molecule has 0 saturated heterocycles. The van der Waals surface area contributed by atoms with Crippen molar-refractivity contribution in [1.29, 1.82) is 0 Å². The Labute approximate surface area is 425 Å². The Hall–Kier alpha value is -8.48. The van der Waals surface area contributed by atoms with E-state index in [4.69, 9.17) is 6.85 Å². The predicted molar refractivity (Wildman–Crippen MR) is 309 cm³/mol. The summed E-state index contributed by atoms with van der Waals surface area (Å²) < 4.78 is 51.1. The van der Waals surface area contributed by atoms with Gasteiger partial charge in [-0.2, -0.15) is 0 Å². The van der Waals surface area contributed by atoms with E-state index >= 15 is 0 Å². The Balaban J connectivity index is 1.01. The number of nitrogens with zero attached hydrogens (tertiary/aromatic N) is 3. The zero-order valence-electron chi connectivity index (χ0n) is 43.6. The van der Waals surface area contributed by atoms with Gasteiger partial charge in [0.25, 0.3) is 0 Å². The zero-order chi connectivity index (χ0) is 51.2.